The molecule has 21 heavy (non-hydrogen) atoms. The van der Waals surface area contributed by atoms with Crippen molar-refractivity contribution < 1.29 is 9.53 Å². The molecule has 0 bridgehead atoms. The number of amides is 2. The zero-order valence-corrected chi connectivity index (χ0v) is 13.4. The highest BCUT2D eigenvalue weighted by atomic mass is 32.1. The van der Waals surface area contributed by atoms with E-state index in [0.717, 1.165) is 31.8 Å². The Bertz CT molecular complexity index is 484. The predicted octanol–water partition coefficient (Wildman–Crippen LogP) is 3.07. The molecule has 2 aliphatic rings. The highest BCUT2D eigenvalue weighted by Gasteiger charge is 2.36. The van der Waals surface area contributed by atoms with Gasteiger partial charge >= 0.3 is 6.03 Å². The molecule has 2 amide bonds. The minimum absolute atomic E-state index is 0.0492. The first kappa shape index (κ1) is 14.9. The summed E-state index contributed by atoms with van der Waals surface area (Å²) >= 11 is 1.71. The molecule has 0 spiro atoms. The minimum atomic E-state index is -0.0492. The number of thiophene rings is 1. The molecule has 1 saturated carbocycles. The van der Waals surface area contributed by atoms with E-state index in [1.54, 1.807) is 11.3 Å². The standard InChI is InChI=1S/C16H24N2O2S/c1-2-11-6-8-21-15(11)10-17-16(19)18-13-5-7-20-14(9-13)12-3-4-12/h6,8,12-14H,2-5,7,9-10H2,1H3,(H2,17,18,19)/t13-,14+/m1/s1. The van der Waals surface area contributed by atoms with E-state index in [-0.39, 0.29) is 12.1 Å². The number of carbonyl (C=O) groups is 1. The van der Waals surface area contributed by atoms with Gasteiger partial charge in [-0.05, 0) is 55.0 Å². The van der Waals surface area contributed by atoms with Crippen LogP contribution in [0.2, 0.25) is 0 Å². The van der Waals surface area contributed by atoms with Crippen molar-refractivity contribution in [2.75, 3.05) is 6.61 Å². The van der Waals surface area contributed by atoms with Gasteiger partial charge in [-0.3, -0.25) is 0 Å². The lowest BCUT2D eigenvalue weighted by atomic mass is 10.0. The maximum atomic E-state index is 12.0. The van der Waals surface area contributed by atoms with E-state index in [1.807, 2.05) is 0 Å². The Morgan fingerprint density at radius 2 is 2.29 bits per heavy atom. The van der Waals surface area contributed by atoms with Gasteiger partial charge in [0.05, 0.1) is 12.6 Å². The average molecular weight is 308 g/mol. The van der Waals surface area contributed by atoms with Crippen molar-refractivity contribution in [1.82, 2.24) is 10.6 Å². The number of hydrogen-bond donors (Lipinski definition) is 2. The molecule has 5 heteroatoms. The number of aryl methyl sites for hydroxylation is 1. The van der Waals surface area contributed by atoms with Gasteiger partial charge in [0.15, 0.2) is 0 Å². The van der Waals surface area contributed by atoms with Crippen LogP contribution in [0.5, 0.6) is 0 Å². The number of rotatable bonds is 5. The van der Waals surface area contributed by atoms with Crippen molar-refractivity contribution in [1.29, 1.82) is 0 Å². The van der Waals surface area contributed by atoms with Crippen LogP contribution in [0.4, 0.5) is 4.79 Å². The lowest BCUT2D eigenvalue weighted by molar-refractivity contribution is -0.00914. The van der Waals surface area contributed by atoms with Crippen LogP contribution in [0.3, 0.4) is 0 Å². The molecule has 2 atom stereocenters. The molecule has 0 unspecified atom stereocenters. The summed E-state index contributed by atoms with van der Waals surface area (Å²) in [5.41, 5.74) is 1.33. The molecule has 4 nitrogen and oxygen atoms in total. The smallest absolute Gasteiger partial charge is 0.315 e. The molecule has 1 aromatic rings. The summed E-state index contributed by atoms with van der Waals surface area (Å²) in [6.07, 6.45) is 5.87. The molecule has 116 valence electrons. The molecule has 2 N–H and O–H groups in total. The zero-order valence-electron chi connectivity index (χ0n) is 12.6. The SMILES string of the molecule is CCc1ccsc1CNC(=O)N[C@@H]1CCO[C@H](C2CC2)C1. The molecule has 1 aromatic heterocycles. The van der Waals surface area contributed by atoms with E-state index in [0.29, 0.717) is 12.6 Å². The second-order valence-electron chi connectivity index (χ2n) is 6.02. The number of carbonyl (C=O) groups excluding carboxylic acids is 1. The van der Waals surface area contributed by atoms with Crippen molar-refractivity contribution in [3.63, 3.8) is 0 Å². The van der Waals surface area contributed by atoms with Gasteiger partial charge in [-0.25, -0.2) is 4.79 Å². The van der Waals surface area contributed by atoms with Crippen LogP contribution in [-0.2, 0) is 17.7 Å². The average Bonchev–Trinajstić information content (AvgIpc) is 3.24. The molecule has 1 aliphatic heterocycles. The third-order valence-corrected chi connectivity index (χ3v) is 5.39. The lowest BCUT2D eigenvalue weighted by Crippen LogP contribution is -2.46. The fourth-order valence-corrected chi connectivity index (χ4v) is 3.91. The fourth-order valence-electron chi connectivity index (χ4n) is 2.99. The lowest BCUT2D eigenvalue weighted by Gasteiger charge is -2.30. The third-order valence-electron chi connectivity index (χ3n) is 4.43. The van der Waals surface area contributed by atoms with Gasteiger partial charge in [0.2, 0.25) is 0 Å². The molecular formula is C16H24N2O2S. The third kappa shape index (κ3) is 3.98. The van der Waals surface area contributed by atoms with Crippen molar-refractivity contribution in [2.45, 2.75) is 57.7 Å². The first-order valence-corrected chi connectivity index (χ1v) is 8.85. The summed E-state index contributed by atoms with van der Waals surface area (Å²) in [6, 6.07) is 2.35. The zero-order chi connectivity index (χ0) is 14.7. The monoisotopic (exact) mass is 308 g/mol. The molecule has 2 heterocycles. The Hall–Kier alpha value is -1.07. The van der Waals surface area contributed by atoms with E-state index in [4.69, 9.17) is 4.74 Å². The van der Waals surface area contributed by atoms with E-state index >= 15 is 0 Å². The van der Waals surface area contributed by atoms with Crippen LogP contribution in [0.15, 0.2) is 11.4 Å². The van der Waals surface area contributed by atoms with Crippen molar-refractivity contribution in [3.8, 4) is 0 Å². The van der Waals surface area contributed by atoms with Crippen LogP contribution in [-0.4, -0.2) is 24.8 Å². The summed E-state index contributed by atoms with van der Waals surface area (Å²) in [5.74, 6) is 0.746. The van der Waals surface area contributed by atoms with Gasteiger partial charge < -0.3 is 15.4 Å². The first-order valence-electron chi connectivity index (χ1n) is 7.97. The summed E-state index contributed by atoms with van der Waals surface area (Å²) in [6.45, 7) is 3.55. The van der Waals surface area contributed by atoms with Crippen LogP contribution in [0.25, 0.3) is 0 Å². The normalized spacial score (nSPS) is 25.6. The van der Waals surface area contributed by atoms with E-state index in [9.17, 15) is 4.79 Å². The number of hydrogen-bond acceptors (Lipinski definition) is 3. The summed E-state index contributed by atoms with van der Waals surface area (Å²) in [7, 11) is 0. The summed E-state index contributed by atoms with van der Waals surface area (Å²) in [5, 5.41) is 8.18. The first-order chi connectivity index (χ1) is 10.3. The topological polar surface area (TPSA) is 50.4 Å². The summed E-state index contributed by atoms with van der Waals surface area (Å²) in [4.78, 5) is 13.3. The minimum Gasteiger partial charge on any atom is -0.378 e. The van der Waals surface area contributed by atoms with Gasteiger partial charge in [-0.2, -0.15) is 0 Å². The van der Waals surface area contributed by atoms with Crippen molar-refractivity contribution >= 4 is 17.4 Å². The maximum absolute atomic E-state index is 12.0. The second-order valence-corrected chi connectivity index (χ2v) is 7.02. The van der Waals surface area contributed by atoms with Gasteiger partial charge in [0.25, 0.3) is 0 Å². The van der Waals surface area contributed by atoms with Gasteiger partial charge in [0.1, 0.15) is 0 Å². The quantitative estimate of drug-likeness (QED) is 0.878. The van der Waals surface area contributed by atoms with Crippen LogP contribution in [0.1, 0.15) is 43.0 Å². The van der Waals surface area contributed by atoms with Crippen LogP contribution in [0, 0.1) is 5.92 Å². The highest BCUT2D eigenvalue weighted by molar-refractivity contribution is 7.10. The van der Waals surface area contributed by atoms with Crippen LogP contribution < -0.4 is 10.6 Å². The van der Waals surface area contributed by atoms with E-state index in [1.165, 1.54) is 23.3 Å². The van der Waals surface area contributed by atoms with E-state index in [2.05, 4.69) is 29.0 Å². The molecule has 1 aliphatic carbocycles. The fraction of sp³-hybridized carbons (Fsp3) is 0.688. The Balaban J connectivity index is 1.43. The number of urea groups is 1. The maximum Gasteiger partial charge on any atom is 0.315 e. The molecular weight excluding hydrogens is 284 g/mol. The van der Waals surface area contributed by atoms with Crippen LogP contribution >= 0.6 is 11.3 Å². The van der Waals surface area contributed by atoms with Gasteiger partial charge in [0, 0.05) is 17.5 Å². The van der Waals surface area contributed by atoms with Crippen molar-refractivity contribution in [2.24, 2.45) is 5.92 Å². The Morgan fingerprint density at radius 3 is 3.05 bits per heavy atom. The number of ether oxygens (including phenoxy) is 1. The Kier molecular flexibility index (Phi) is 4.80. The van der Waals surface area contributed by atoms with Crippen molar-refractivity contribution in [3.05, 3.63) is 21.9 Å². The predicted molar refractivity (Wildman–Crippen MR) is 84.6 cm³/mol. The molecule has 1 saturated heterocycles. The van der Waals surface area contributed by atoms with E-state index < -0.39 is 0 Å². The largest absolute Gasteiger partial charge is 0.378 e. The van der Waals surface area contributed by atoms with Gasteiger partial charge in [-0.1, -0.05) is 6.92 Å². The molecule has 2 fully saturated rings. The highest BCUT2D eigenvalue weighted by Crippen LogP contribution is 2.38. The summed E-state index contributed by atoms with van der Waals surface area (Å²) < 4.78 is 5.79. The second kappa shape index (κ2) is 6.79. The Labute approximate surface area is 130 Å². The molecule has 0 aromatic carbocycles. The number of nitrogens with one attached hydrogen (secondary N) is 2. The molecule has 3 rings (SSSR count). The molecule has 0 radical (unpaired) electrons. The Morgan fingerprint density at radius 1 is 1.43 bits per heavy atom. The van der Waals surface area contributed by atoms with Gasteiger partial charge in [-0.15, -0.1) is 11.3 Å².